The highest BCUT2D eigenvalue weighted by molar-refractivity contribution is 5.90. The second kappa shape index (κ2) is 6.69. The van der Waals surface area contributed by atoms with Crippen LogP contribution in [-0.2, 0) is 11.3 Å². The Morgan fingerprint density at radius 1 is 1.08 bits per heavy atom. The standard InChI is InChI=1S/C16H13N5O3/c22-15(10-20-11-17-16(19-20)21(23)24)18-14-8-6-13(7-9-14)12-4-2-1-3-5-12/h1-9,11H,10H2,(H,18,22). The van der Waals surface area contributed by atoms with Crippen molar-refractivity contribution in [2.24, 2.45) is 0 Å². The lowest BCUT2D eigenvalue weighted by atomic mass is 10.1. The van der Waals surface area contributed by atoms with Gasteiger partial charge in [0, 0.05) is 10.8 Å². The molecule has 0 aliphatic rings. The third kappa shape index (κ3) is 3.61. The Bertz CT molecular complexity index is 859. The van der Waals surface area contributed by atoms with Gasteiger partial charge < -0.3 is 15.4 Å². The number of nitro groups is 1. The van der Waals surface area contributed by atoms with Crippen molar-refractivity contribution in [1.82, 2.24) is 14.8 Å². The van der Waals surface area contributed by atoms with E-state index in [9.17, 15) is 14.9 Å². The molecule has 1 heterocycles. The van der Waals surface area contributed by atoms with Gasteiger partial charge in [-0.3, -0.25) is 4.79 Å². The maximum absolute atomic E-state index is 11.9. The fourth-order valence-electron chi connectivity index (χ4n) is 2.17. The van der Waals surface area contributed by atoms with Crippen LogP contribution in [0, 0.1) is 10.1 Å². The van der Waals surface area contributed by atoms with E-state index in [1.165, 1.54) is 0 Å². The Labute approximate surface area is 136 Å². The molecule has 8 heteroatoms. The van der Waals surface area contributed by atoms with Gasteiger partial charge in [0.2, 0.25) is 12.2 Å². The lowest BCUT2D eigenvalue weighted by Gasteiger charge is -2.06. The van der Waals surface area contributed by atoms with Gasteiger partial charge >= 0.3 is 5.95 Å². The minimum absolute atomic E-state index is 0.152. The summed E-state index contributed by atoms with van der Waals surface area (Å²) in [5.41, 5.74) is 2.76. The van der Waals surface area contributed by atoms with Crippen molar-refractivity contribution >= 4 is 17.5 Å². The summed E-state index contributed by atoms with van der Waals surface area (Å²) in [6, 6.07) is 17.3. The van der Waals surface area contributed by atoms with E-state index in [2.05, 4.69) is 15.4 Å². The van der Waals surface area contributed by atoms with E-state index < -0.39 is 10.9 Å². The van der Waals surface area contributed by atoms with Crippen molar-refractivity contribution in [3.63, 3.8) is 0 Å². The van der Waals surface area contributed by atoms with Crippen LogP contribution < -0.4 is 5.32 Å². The lowest BCUT2D eigenvalue weighted by Crippen LogP contribution is -2.19. The monoisotopic (exact) mass is 323 g/mol. The van der Waals surface area contributed by atoms with Crippen molar-refractivity contribution < 1.29 is 9.72 Å². The normalized spacial score (nSPS) is 10.3. The van der Waals surface area contributed by atoms with Crippen LogP contribution in [-0.4, -0.2) is 25.6 Å². The zero-order valence-electron chi connectivity index (χ0n) is 12.5. The maximum atomic E-state index is 11.9. The van der Waals surface area contributed by atoms with Gasteiger partial charge in [0.1, 0.15) is 6.54 Å². The van der Waals surface area contributed by atoms with Crippen LogP contribution in [0.2, 0.25) is 0 Å². The third-order valence-corrected chi connectivity index (χ3v) is 3.27. The second-order valence-corrected chi connectivity index (χ2v) is 4.99. The fraction of sp³-hybridized carbons (Fsp3) is 0.0625. The van der Waals surface area contributed by atoms with Crippen molar-refractivity contribution in [3.05, 3.63) is 71.0 Å². The van der Waals surface area contributed by atoms with E-state index in [0.717, 1.165) is 22.1 Å². The summed E-state index contributed by atoms with van der Waals surface area (Å²) in [4.78, 5) is 25.2. The smallest absolute Gasteiger partial charge is 0.390 e. The zero-order valence-corrected chi connectivity index (χ0v) is 12.5. The predicted octanol–water partition coefficient (Wildman–Crippen LogP) is 2.49. The van der Waals surface area contributed by atoms with E-state index in [1.807, 2.05) is 42.5 Å². The molecule has 3 aromatic rings. The molecule has 1 amide bonds. The number of hydrogen-bond donors (Lipinski definition) is 1. The Morgan fingerprint density at radius 3 is 2.38 bits per heavy atom. The Morgan fingerprint density at radius 2 is 1.75 bits per heavy atom. The zero-order chi connectivity index (χ0) is 16.9. The molecule has 0 fully saturated rings. The summed E-state index contributed by atoms with van der Waals surface area (Å²) < 4.78 is 1.12. The predicted molar refractivity (Wildman–Crippen MR) is 87.2 cm³/mol. The highest BCUT2D eigenvalue weighted by Gasteiger charge is 2.15. The third-order valence-electron chi connectivity index (χ3n) is 3.27. The highest BCUT2D eigenvalue weighted by atomic mass is 16.6. The number of carbonyl (C=O) groups is 1. The highest BCUT2D eigenvalue weighted by Crippen LogP contribution is 2.20. The van der Waals surface area contributed by atoms with E-state index >= 15 is 0 Å². The molecule has 1 aromatic heterocycles. The summed E-state index contributed by atoms with van der Waals surface area (Å²) in [7, 11) is 0. The van der Waals surface area contributed by atoms with Crippen molar-refractivity contribution in [2.75, 3.05) is 5.32 Å². The van der Waals surface area contributed by atoms with Gasteiger partial charge in [-0.15, -0.1) is 0 Å². The summed E-state index contributed by atoms with van der Waals surface area (Å²) in [6.07, 6.45) is 1.15. The average Bonchev–Trinajstić information content (AvgIpc) is 3.05. The maximum Gasteiger partial charge on any atom is 0.490 e. The number of aromatic nitrogens is 3. The van der Waals surface area contributed by atoms with Crippen LogP contribution in [0.5, 0.6) is 0 Å². The van der Waals surface area contributed by atoms with E-state index in [0.29, 0.717) is 5.69 Å². The van der Waals surface area contributed by atoms with Crippen LogP contribution in [0.25, 0.3) is 11.1 Å². The minimum Gasteiger partial charge on any atom is -0.390 e. The number of hydrogen-bond acceptors (Lipinski definition) is 5. The molecule has 0 bridgehead atoms. The number of carbonyl (C=O) groups excluding carboxylic acids is 1. The number of nitrogens with one attached hydrogen (secondary N) is 1. The Hall–Kier alpha value is -3.55. The lowest BCUT2D eigenvalue weighted by molar-refractivity contribution is -0.394. The molecule has 0 radical (unpaired) electrons. The molecular formula is C16H13N5O3. The first kappa shape index (κ1) is 15.3. The number of anilines is 1. The number of amides is 1. The van der Waals surface area contributed by atoms with Crippen molar-refractivity contribution in [2.45, 2.75) is 6.54 Å². The van der Waals surface area contributed by atoms with Gasteiger partial charge in [0.05, 0.1) is 0 Å². The van der Waals surface area contributed by atoms with Gasteiger partial charge in [0.25, 0.3) is 0 Å². The van der Waals surface area contributed by atoms with Gasteiger partial charge in [0.15, 0.2) is 0 Å². The first-order chi connectivity index (χ1) is 11.6. The van der Waals surface area contributed by atoms with Crippen LogP contribution in [0.4, 0.5) is 11.6 Å². The number of benzene rings is 2. The first-order valence-corrected chi connectivity index (χ1v) is 7.11. The molecule has 0 aliphatic carbocycles. The topological polar surface area (TPSA) is 103 Å². The van der Waals surface area contributed by atoms with Crippen LogP contribution in [0.3, 0.4) is 0 Å². The quantitative estimate of drug-likeness (QED) is 0.574. The van der Waals surface area contributed by atoms with Crippen LogP contribution >= 0.6 is 0 Å². The van der Waals surface area contributed by atoms with Gasteiger partial charge in [-0.05, 0) is 28.2 Å². The molecule has 0 unspecified atom stereocenters. The van der Waals surface area contributed by atoms with Crippen LogP contribution in [0.15, 0.2) is 60.9 Å². The molecule has 0 atom stereocenters. The molecule has 1 N–H and O–H groups in total. The first-order valence-electron chi connectivity index (χ1n) is 7.11. The van der Waals surface area contributed by atoms with Crippen LogP contribution in [0.1, 0.15) is 0 Å². The molecule has 2 aromatic carbocycles. The largest absolute Gasteiger partial charge is 0.490 e. The summed E-state index contributed by atoms with van der Waals surface area (Å²) >= 11 is 0. The number of rotatable bonds is 5. The van der Waals surface area contributed by atoms with Gasteiger partial charge in [-0.25, -0.2) is 0 Å². The summed E-state index contributed by atoms with van der Waals surface area (Å²) in [6.45, 7) is -0.152. The molecule has 0 spiro atoms. The fourth-order valence-corrected chi connectivity index (χ4v) is 2.17. The van der Waals surface area contributed by atoms with Crippen molar-refractivity contribution in [3.8, 4) is 11.1 Å². The molecule has 120 valence electrons. The molecule has 0 saturated carbocycles. The summed E-state index contributed by atoms with van der Waals surface area (Å²) in [5.74, 6) is -0.878. The van der Waals surface area contributed by atoms with E-state index in [-0.39, 0.29) is 12.5 Å². The Balaban J connectivity index is 1.63. The van der Waals surface area contributed by atoms with Crippen molar-refractivity contribution in [1.29, 1.82) is 0 Å². The summed E-state index contributed by atoms with van der Waals surface area (Å²) in [5, 5.41) is 16.8. The minimum atomic E-state index is -0.712. The Kier molecular flexibility index (Phi) is 4.28. The molecule has 24 heavy (non-hydrogen) atoms. The molecule has 0 saturated heterocycles. The molecule has 0 aliphatic heterocycles. The second-order valence-electron chi connectivity index (χ2n) is 4.99. The molecular weight excluding hydrogens is 310 g/mol. The number of nitrogens with zero attached hydrogens (tertiary/aromatic N) is 4. The average molecular weight is 323 g/mol. The van der Waals surface area contributed by atoms with Gasteiger partial charge in [-0.2, -0.15) is 4.68 Å². The van der Waals surface area contributed by atoms with E-state index in [1.54, 1.807) is 12.1 Å². The SMILES string of the molecule is O=C(Cn1cnc([N+](=O)[O-])n1)Nc1ccc(-c2ccccc2)cc1. The molecule has 8 nitrogen and oxygen atoms in total. The van der Waals surface area contributed by atoms with E-state index in [4.69, 9.17) is 0 Å². The van der Waals surface area contributed by atoms with Gasteiger partial charge in [-0.1, -0.05) is 47.4 Å². The molecule has 3 rings (SSSR count).